The average molecular weight is 1040 g/mol. The highest BCUT2D eigenvalue weighted by molar-refractivity contribution is 5.72. The molecule has 3 atom stereocenters. The normalized spacial score (nSPS) is 13.5. The van der Waals surface area contributed by atoms with Gasteiger partial charge < -0.3 is 44.1 Å². The lowest BCUT2D eigenvalue weighted by Gasteiger charge is -2.31. The Hall–Kier alpha value is -6.08. The van der Waals surface area contributed by atoms with Crippen LogP contribution < -0.4 is 0 Å². The number of hydrogen-bond donors (Lipinski definition) is 4. The fourth-order valence-corrected chi connectivity index (χ4v) is 8.90. The molecule has 0 spiro atoms. The van der Waals surface area contributed by atoms with Crippen LogP contribution >= 0.6 is 0 Å². The predicted octanol–water partition coefficient (Wildman–Crippen LogP) is 12.2. The van der Waals surface area contributed by atoms with E-state index in [2.05, 4.69) is 0 Å². The molecule has 0 radical (unpaired) electrons. The minimum Gasteiger partial charge on any atom is -0.507 e. The van der Waals surface area contributed by atoms with Gasteiger partial charge in [-0.2, -0.15) is 0 Å². The lowest BCUT2D eigenvalue weighted by Crippen LogP contribution is -2.37. The van der Waals surface area contributed by atoms with Crippen LogP contribution in [-0.2, 0) is 83.8 Å². The fraction of sp³-hybridized carbons (Fsp3) is 0.548. The summed E-state index contributed by atoms with van der Waals surface area (Å²) in [6, 6.07) is 14.6. The Balaban J connectivity index is 1.69. The van der Waals surface area contributed by atoms with Gasteiger partial charge in [-0.15, -0.1) is 0 Å². The SMILES string of the molecule is CCC(=O)OC(c1cc(C)c(O)c(C(C)(C)C)c1)C(COC(=O)CCc1cc(C)c(O)c(C(C)(C)C)c1)OCC(COC(=O)CCc1cc(C)c(O)c(C(C)(C)C)c1)OC(=O)CCc1cc(C)c(O)c(C(C)(C)C)c1. The zero-order valence-corrected chi connectivity index (χ0v) is 47.9. The second-order valence-electron chi connectivity index (χ2n) is 24.3. The molecule has 0 saturated carbocycles. The monoisotopic (exact) mass is 1040 g/mol. The van der Waals surface area contributed by atoms with Crippen LogP contribution in [0.5, 0.6) is 23.0 Å². The molecule has 0 aliphatic heterocycles. The largest absolute Gasteiger partial charge is 0.507 e. The van der Waals surface area contributed by atoms with E-state index in [1.54, 1.807) is 26.0 Å². The summed E-state index contributed by atoms with van der Waals surface area (Å²) in [5.74, 6) is -1.63. The number of carbonyl (C=O) groups is 4. The van der Waals surface area contributed by atoms with Crippen molar-refractivity contribution < 1.29 is 63.3 Å². The van der Waals surface area contributed by atoms with E-state index < -0.39 is 60.8 Å². The molecule has 4 N–H and O–H groups in total. The van der Waals surface area contributed by atoms with Crippen LogP contribution in [0.4, 0.5) is 0 Å². The molecule has 4 aromatic carbocycles. The molecule has 75 heavy (non-hydrogen) atoms. The van der Waals surface area contributed by atoms with Crippen molar-refractivity contribution in [3.05, 3.63) is 115 Å². The van der Waals surface area contributed by atoms with Crippen LogP contribution in [-0.4, -0.2) is 76.3 Å². The molecule has 13 heteroatoms. The summed E-state index contributed by atoms with van der Waals surface area (Å²) in [5, 5.41) is 43.7. The summed E-state index contributed by atoms with van der Waals surface area (Å²) in [4.78, 5) is 54.3. The van der Waals surface area contributed by atoms with Crippen molar-refractivity contribution in [3.63, 3.8) is 0 Å². The van der Waals surface area contributed by atoms with E-state index >= 15 is 0 Å². The quantitative estimate of drug-likeness (QED) is 0.0455. The summed E-state index contributed by atoms with van der Waals surface area (Å²) in [6.45, 7) is 31.4. The molecule has 0 aromatic heterocycles. The van der Waals surface area contributed by atoms with Crippen molar-refractivity contribution in [2.24, 2.45) is 0 Å². The van der Waals surface area contributed by atoms with Crippen molar-refractivity contribution in [3.8, 4) is 23.0 Å². The zero-order chi connectivity index (χ0) is 56.5. The van der Waals surface area contributed by atoms with Gasteiger partial charge in [0.2, 0.25) is 0 Å². The highest BCUT2D eigenvalue weighted by Crippen LogP contribution is 2.40. The maximum Gasteiger partial charge on any atom is 0.306 e. The van der Waals surface area contributed by atoms with Crippen molar-refractivity contribution in [1.29, 1.82) is 0 Å². The molecule has 0 fully saturated rings. The molecule has 0 aliphatic rings. The molecule has 0 heterocycles. The fourth-order valence-electron chi connectivity index (χ4n) is 8.90. The number of phenolic OH excluding ortho intramolecular Hbond substituents is 4. The first-order valence-electron chi connectivity index (χ1n) is 26.2. The number of aryl methyl sites for hydroxylation is 7. The van der Waals surface area contributed by atoms with Crippen LogP contribution in [0.1, 0.15) is 189 Å². The molecule has 0 amide bonds. The Morgan fingerprint density at radius 1 is 0.440 bits per heavy atom. The first-order chi connectivity index (χ1) is 34.6. The van der Waals surface area contributed by atoms with Crippen molar-refractivity contribution in [1.82, 2.24) is 0 Å². The molecule has 412 valence electrons. The molecule has 0 saturated heterocycles. The van der Waals surface area contributed by atoms with E-state index in [9.17, 15) is 39.6 Å². The first-order valence-corrected chi connectivity index (χ1v) is 26.2. The standard InChI is InChI=1S/C62H86O13/c1-18-50(63)75-58(43-28-39(5)57(70)48(32-43)62(15,16)17)49(35-73-52(65)23-20-41-26-37(3)55(68)46(30-41)60(9,10)11)71-33-44(74-53(66)24-21-42-27-38(4)56(69)47(31-42)61(12,13)14)34-72-51(64)22-19-40-25-36(2)54(67)45(29-40)59(6,7)8/h25-32,44,49,58,67-70H,18-24,33-35H2,1-17H3. The molecule has 4 aromatic rings. The van der Waals surface area contributed by atoms with Gasteiger partial charge in [-0.3, -0.25) is 19.2 Å². The lowest BCUT2D eigenvalue weighted by atomic mass is 9.83. The van der Waals surface area contributed by atoms with E-state index in [4.69, 9.17) is 23.7 Å². The van der Waals surface area contributed by atoms with Gasteiger partial charge in [0.15, 0.2) is 12.2 Å². The van der Waals surface area contributed by atoms with E-state index in [-0.39, 0.29) is 78.0 Å². The Labute approximate surface area is 446 Å². The smallest absolute Gasteiger partial charge is 0.306 e. The topological polar surface area (TPSA) is 195 Å². The minimum atomic E-state index is -1.20. The maximum absolute atomic E-state index is 13.8. The van der Waals surface area contributed by atoms with Crippen molar-refractivity contribution in [2.75, 3.05) is 19.8 Å². The van der Waals surface area contributed by atoms with E-state index in [1.165, 1.54) is 0 Å². The highest BCUT2D eigenvalue weighted by atomic mass is 16.6. The van der Waals surface area contributed by atoms with Crippen LogP contribution in [0.15, 0.2) is 48.5 Å². The summed E-state index contributed by atoms with van der Waals surface area (Å²) in [7, 11) is 0. The molecule has 3 unspecified atom stereocenters. The maximum atomic E-state index is 13.8. The van der Waals surface area contributed by atoms with Gasteiger partial charge in [0.05, 0.1) is 6.61 Å². The number of ether oxygens (including phenoxy) is 5. The Kier molecular flexibility index (Phi) is 20.6. The highest BCUT2D eigenvalue weighted by Gasteiger charge is 2.34. The summed E-state index contributed by atoms with van der Waals surface area (Å²) in [5.41, 5.74) is 6.77. The number of phenols is 4. The Morgan fingerprint density at radius 3 is 1.16 bits per heavy atom. The number of esters is 4. The van der Waals surface area contributed by atoms with Gasteiger partial charge in [-0.1, -0.05) is 126 Å². The summed E-state index contributed by atoms with van der Waals surface area (Å²) < 4.78 is 30.5. The molecule has 4 rings (SSSR count). The Bertz CT molecular complexity index is 2670. The third-order valence-corrected chi connectivity index (χ3v) is 13.3. The van der Waals surface area contributed by atoms with E-state index in [0.29, 0.717) is 46.2 Å². The second-order valence-corrected chi connectivity index (χ2v) is 24.3. The molecule has 0 aliphatic carbocycles. The molecule has 0 bridgehead atoms. The number of aromatic hydroxyl groups is 4. The van der Waals surface area contributed by atoms with Gasteiger partial charge in [-0.05, 0) is 148 Å². The van der Waals surface area contributed by atoms with Gasteiger partial charge in [-0.25, -0.2) is 0 Å². The van der Waals surface area contributed by atoms with Crippen LogP contribution in [0.2, 0.25) is 0 Å². The van der Waals surface area contributed by atoms with Gasteiger partial charge in [0.25, 0.3) is 0 Å². The summed E-state index contributed by atoms with van der Waals surface area (Å²) in [6.07, 6.45) is -2.77. The number of benzene rings is 4. The molecular formula is C62H86O13. The van der Waals surface area contributed by atoms with Gasteiger partial charge in [0, 0.05) is 25.7 Å². The third kappa shape index (κ3) is 17.5. The molecule has 13 nitrogen and oxygen atoms in total. The lowest BCUT2D eigenvalue weighted by molar-refractivity contribution is -0.177. The average Bonchev–Trinajstić information content (AvgIpc) is 3.30. The Morgan fingerprint density at radius 2 is 0.787 bits per heavy atom. The van der Waals surface area contributed by atoms with Crippen LogP contribution in [0.3, 0.4) is 0 Å². The van der Waals surface area contributed by atoms with E-state index in [1.807, 2.05) is 140 Å². The predicted molar refractivity (Wildman–Crippen MR) is 292 cm³/mol. The zero-order valence-electron chi connectivity index (χ0n) is 47.9. The number of carbonyl (C=O) groups excluding carboxylic acids is 4. The molecular weight excluding hydrogens is 953 g/mol. The van der Waals surface area contributed by atoms with Gasteiger partial charge in [0.1, 0.15) is 42.3 Å². The third-order valence-electron chi connectivity index (χ3n) is 13.3. The first kappa shape index (κ1) is 61.5. The van der Waals surface area contributed by atoms with Crippen molar-refractivity contribution >= 4 is 23.9 Å². The number of hydrogen-bond acceptors (Lipinski definition) is 13. The van der Waals surface area contributed by atoms with Crippen molar-refractivity contribution in [2.45, 2.75) is 203 Å². The van der Waals surface area contributed by atoms with Gasteiger partial charge >= 0.3 is 23.9 Å². The summed E-state index contributed by atoms with van der Waals surface area (Å²) >= 11 is 0. The van der Waals surface area contributed by atoms with E-state index in [0.717, 1.165) is 33.4 Å². The van der Waals surface area contributed by atoms with Crippen LogP contribution in [0, 0.1) is 27.7 Å². The second kappa shape index (κ2) is 25.2. The van der Waals surface area contributed by atoms with Crippen LogP contribution in [0.25, 0.3) is 0 Å². The number of rotatable bonds is 21. The minimum absolute atomic E-state index is 0.00399.